The topological polar surface area (TPSA) is 91.3 Å². The summed E-state index contributed by atoms with van der Waals surface area (Å²) in [5.41, 5.74) is 10.2. The summed E-state index contributed by atoms with van der Waals surface area (Å²) in [4.78, 5) is 11.8. The number of nitrogens with two attached hydrogens (primary N) is 1. The number of hydrogen-bond donors (Lipinski definition) is 2. The van der Waals surface area contributed by atoms with E-state index >= 15 is 0 Å². The summed E-state index contributed by atoms with van der Waals surface area (Å²) in [5, 5.41) is 12.5. The van der Waals surface area contributed by atoms with E-state index in [1.165, 1.54) is 6.21 Å². The summed E-state index contributed by atoms with van der Waals surface area (Å²) in [6, 6.07) is 15.6. The smallest absolute Gasteiger partial charge is 0.273 e. The predicted octanol–water partition coefficient (Wildman–Crippen LogP) is 1.90. The minimum absolute atomic E-state index is 0.368. The number of hydrogen-bond acceptors (Lipinski definition) is 4. The van der Waals surface area contributed by atoms with Gasteiger partial charge >= 0.3 is 0 Å². The Balaban J connectivity index is 2.01. The maximum absolute atomic E-state index is 11.8. The summed E-state index contributed by atoms with van der Waals surface area (Å²) in [6.45, 7) is 0. The van der Waals surface area contributed by atoms with Gasteiger partial charge in [0, 0.05) is 5.69 Å². The minimum atomic E-state index is -0.368. The summed E-state index contributed by atoms with van der Waals surface area (Å²) in [7, 11) is 0. The number of nitrogen functional groups attached to an aromatic ring is 1. The summed E-state index contributed by atoms with van der Waals surface area (Å²) in [5.74, 6) is -0.368. The van der Waals surface area contributed by atoms with Crippen molar-refractivity contribution >= 4 is 17.8 Å². The minimum Gasteiger partial charge on any atom is -0.398 e. The second kappa shape index (κ2) is 6.16. The average Bonchev–Trinajstić information content (AvgIpc) is 2.48. The number of nitriles is 1. The summed E-state index contributed by atoms with van der Waals surface area (Å²) >= 11 is 0. The maximum Gasteiger partial charge on any atom is 0.273 e. The van der Waals surface area contributed by atoms with Gasteiger partial charge in [-0.25, -0.2) is 5.43 Å². The van der Waals surface area contributed by atoms with Gasteiger partial charge in [0.15, 0.2) is 0 Å². The van der Waals surface area contributed by atoms with Crippen molar-refractivity contribution in [2.24, 2.45) is 5.10 Å². The highest BCUT2D eigenvalue weighted by Crippen LogP contribution is 2.09. The molecule has 5 nitrogen and oxygen atoms in total. The zero-order valence-electron chi connectivity index (χ0n) is 10.6. The highest BCUT2D eigenvalue weighted by Gasteiger charge is 2.06. The van der Waals surface area contributed by atoms with E-state index in [-0.39, 0.29) is 5.91 Å². The van der Waals surface area contributed by atoms with Gasteiger partial charge in [-0.05, 0) is 29.8 Å². The van der Waals surface area contributed by atoms with Crippen LogP contribution in [0.25, 0.3) is 0 Å². The number of para-hydroxylation sites is 1. The van der Waals surface area contributed by atoms with E-state index in [1.54, 1.807) is 48.5 Å². The third-order valence-electron chi connectivity index (χ3n) is 2.62. The van der Waals surface area contributed by atoms with E-state index in [0.717, 1.165) is 5.56 Å². The van der Waals surface area contributed by atoms with Gasteiger partial charge in [-0.1, -0.05) is 24.3 Å². The molecule has 0 unspecified atom stereocenters. The lowest BCUT2D eigenvalue weighted by molar-refractivity contribution is 0.0956. The fourth-order valence-electron chi connectivity index (χ4n) is 1.57. The number of rotatable bonds is 3. The first kappa shape index (κ1) is 13.3. The van der Waals surface area contributed by atoms with E-state index in [1.807, 2.05) is 6.07 Å². The van der Waals surface area contributed by atoms with Gasteiger partial charge in [-0.3, -0.25) is 4.79 Å². The predicted molar refractivity (Wildman–Crippen MR) is 77.1 cm³/mol. The van der Waals surface area contributed by atoms with Crippen molar-refractivity contribution in [3.8, 4) is 6.07 Å². The van der Waals surface area contributed by atoms with Gasteiger partial charge in [0.1, 0.15) is 0 Å². The number of amides is 1. The molecule has 5 heteroatoms. The molecular weight excluding hydrogens is 252 g/mol. The molecule has 3 N–H and O–H groups in total. The van der Waals surface area contributed by atoms with Crippen LogP contribution in [-0.2, 0) is 0 Å². The molecule has 20 heavy (non-hydrogen) atoms. The van der Waals surface area contributed by atoms with Crippen LogP contribution in [0.2, 0.25) is 0 Å². The van der Waals surface area contributed by atoms with E-state index in [4.69, 9.17) is 11.0 Å². The zero-order chi connectivity index (χ0) is 14.4. The van der Waals surface area contributed by atoms with Crippen molar-refractivity contribution in [1.82, 2.24) is 5.43 Å². The highest BCUT2D eigenvalue weighted by molar-refractivity contribution is 5.99. The van der Waals surface area contributed by atoms with Crippen LogP contribution >= 0.6 is 0 Å². The van der Waals surface area contributed by atoms with Gasteiger partial charge < -0.3 is 5.73 Å². The molecule has 0 aliphatic carbocycles. The van der Waals surface area contributed by atoms with Crippen molar-refractivity contribution in [1.29, 1.82) is 5.26 Å². The molecule has 0 atom stereocenters. The van der Waals surface area contributed by atoms with Crippen LogP contribution in [0.3, 0.4) is 0 Å². The second-order valence-corrected chi connectivity index (χ2v) is 4.02. The van der Waals surface area contributed by atoms with Crippen LogP contribution in [-0.4, -0.2) is 12.1 Å². The van der Waals surface area contributed by atoms with E-state index in [2.05, 4.69) is 10.5 Å². The third-order valence-corrected chi connectivity index (χ3v) is 2.62. The van der Waals surface area contributed by atoms with Crippen LogP contribution in [0.15, 0.2) is 53.6 Å². The lowest BCUT2D eigenvalue weighted by atomic mass is 10.2. The molecule has 0 spiro atoms. The molecule has 0 saturated heterocycles. The molecular formula is C15H12N4O. The molecule has 0 heterocycles. The van der Waals surface area contributed by atoms with Crippen molar-refractivity contribution in [2.45, 2.75) is 0 Å². The van der Waals surface area contributed by atoms with Crippen molar-refractivity contribution in [3.63, 3.8) is 0 Å². The molecule has 0 aromatic heterocycles. The van der Waals surface area contributed by atoms with Crippen LogP contribution in [0.4, 0.5) is 5.69 Å². The molecule has 2 aromatic rings. The molecule has 0 aliphatic rings. The SMILES string of the molecule is N#Cc1ccc(/C=N\NC(=O)c2ccccc2N)cc1. The van der Waals surface area contributed by atoms with Crippen molar-refractivity contribution in [2.75, 3.05) is 5.73 Å². The Labute approximate surface area is 116 Å². The molecule has 0 aliphatic heterocycles. The van der Waals surface area contributed by atoms with Crippen molar-refractivity contribution < 1.29 is 4.79 Å². The number of carbonyl (C=O) groups is 1. The number of nitrogens with zero attached hydrogens (tertiary/aromatic N) is 2. The highest BCUT2D eigenvalue weighted by atomic mass is 16.2. The first-order chi connectivity index (χ1) is 9.70. The Morgan fingerprint density at radius 2 is 1.90 bits per heavy atom. The van der Waals surface area contributed by atoms with Crippen LogP contribution in [0.5, 0.6) is 0 Å². The number of benzene rings is 2. The van der Waals surface area contributed by atoms with Crippen molar-refractivity contribution in [3.05, 3.63) is 65.2 Å². The fourth-order valence-corrected chi connectivity index (χ4v) is 1.57. The lowest BCUT2D eigenvalue weighted by Crippen LogP contribution is -2.18. The maximum atomic E-state index is 11.8. The molecule has 0 saturated carbocycles. The summed E-state index contributed by atoms with van der Waals surface area (Å²) in [6.07, 6.45) is 1.50. The molecule has 2 rings (SSSR count). The number of carbonyl (C=O) groups excluding carboxylic acids is 1. The Hall–Kier alpha value is -3.13. The quantitative estimate of drug-likeness (QED) is 0.504. The van der Waals surface area contributed by atoms with Crippen LogP contribution in [0, 0.1) is 11.3 Å². The second-order valence-electron chi connectivity index (χ2n) is 4.02. The van der Waals surface area contributed by atoms with Gasteiger partial charge in [-0.2, -0.15) is 10.4 Å². The third kappa shape index (κ3) is 3.21. The van der Waals surface area contributed by atoms with E-state index < -0.39 is 0 Å². The van der Waals surface area contributed by atoms with Gasteiger partial charge in [0.2, 0.25) is 0 Å². The molecule has 0 bridgehead atoms. The Kier molecular flexibility index (Phi) is 4.10. The largest absolute Gasteiger partial charge is 0.398 e. The molecule has 98 valence electrons. The number of hydrazone groups is 1. The summed E-state index contributed by atoms with van der Waals surface area (Å²) < 4.78 is 0. The van der Waals surface area contributed by atoms with E-state index in [9.17, 15) is 4.79 Å². The Morgan fingerprint density at radius 1 is 1.20 bits per heavy atom. The molecule has 1 amide bonds. The Bertz CT molecular complexity index is 684. The van der Waals surface area contributed by atoms with Gasteiger partial charge in [-0.15, -0.1) is 0 Å². The van der Waals surface area contributed by atoms with E-state index in [0.29, 0.717) is 16.8 Å². The fraction of sp³-hybridized carbons (Fsp3) is 0. The normalized spacial score (nSPS) is 10.2. The molecule has 2 aromatic carbocycles. The molecule has 0 fully saturated rings. The van der Waals surface area contributed by atoms with Crippen LogP contribution < -0.4 is 11.2 Å². The van der Waals surface area contributed by atoms with Crippen LogP contribution in [0.1, 0.15) is 21.5 Å². The zero-order valence-corrected chi connectivity index (χ0v) is 10.6. The number of anilines is 1. The average molecular weight is 264 g/mol. The first-order valence-corrected chi connectivity index (χ1v) is 5.89. The lowest BCUT2D eigenvalue weighted by Gasteiger charge is -2.02. The monoisotopic (exact) mass is 264 g/mol. The van der Waals surface area contributed by atoms with Gasteiger partial charge in [0.05, 0.1) is 23.4 Å². The number of nitrogens with one attached hydrogen (secondary N) is 1. The Morgan fingerprint density at radius 3 is 2.55 bits per heavy atom. The standard InChI is InChI=1S/C15H12N4O/c16-9-11-5-7-12(8-6-11)10-18-19-15(20)13-3-1-2-4-14(13)17/h1-8,10H,17H2,(H,19,20)/b18-10-. The molecule has 0 radical (unpaired) electrons. The van der Waals surface area contributed by atoms with Gasteiger partial charge in [0.25, 0.3) is 5.91 Å². The first-order valence-electron chi connectivity index (χ1n) is 5.89.